The summed E-state index contributed by atoms with van der Waals surface area (Å²) in [5.74, 6) is -0.589. The van der Waals surface area contributed by atoms with Gasteiger partial charge in [-0.2, -0.15) is 0 Å². The van der Waals surface area contributed by atoms with E-state index in [4.69, 9.17) is 0 Å². The van der Waals surface area contributed by atoms with Crippen LogP contribution < -0.4 is 10.6 Å². The van der Waals surface area contributed by atoms with Gasteiger partial charge >= 0.3 is 0 Å². The van der Waals surface area contributed by atoms with E-state index in [0.717, 1.165) is 12.8 Å². The van der Waals surface area contributed by atoms with Gasteiger partial charge in [-0.15, -0.1) is 0 Å². The van der Waals surface area contributed by atoms with Gasteiger partial charge in [0.25, 0.3) is 0 Å². The van der Waals surface area contributed by atoms with Crippen molar-refractivity contribution in [3.8, 4) is 0 Å². The number of hydrogen-bond acceptors (Lipinski definition) is 2. The lowest BCUT2D eigenvalue weighted by Crippen LogP contribution is -2.37. The molecule has 1 aliphatic rings. The van der Waals surface area contributed by atoms with E-state index in [-0.39, 0.29) is 18.1 Å². The van der Waals surface area contributed by atoms with Crippen LogP contribution in [0.4, 0.5) is 10.1 Å². The molecule has 18 heavy (non-hydrogen) atoms. The molecule has 0 aliphatic heterocycles. The molecule has 0 bridgehead atoms. The Morgan fingerprint density at radius 2 is 1.94 bits per heavy atom. The van der Waals surface area contributed by atoms with Crippen molar-refractivity contribution in [1.29, 1.82) is 0 Å². The van der Waals surface area contributed by atoms with E-state index in [1.165, 1.54) is 25.3 Å². The molecule has 1 aromatic carbocycles. The van der Waals surface area contributed by atoms with Crippen LogP contribution in [0.1, 0.15) is 32.1 Å². The van der Waals surface area contributed by atoms with Crippen LogP contribution in [-0.2, 0) is 4.79 Å². The normalized spacial score (nSPS) is 16.5. The second kappa shape index (κ2) is 6.50. The number of para-hydroxylation sites is 1. The predicted octanol–water partition coefficient (Wildman–Crippen LogP) is 2.69. The fourth-order valence-electron chi connectivity index (χ4n) is 2.30. The summed E-state index contributed by atoms with van der Waals surface area (Å²) < 4.78 is 13.3. The highest BCUT2D eigenvalue weighted by atomic mass is 19.1. The summed E-state index contributed by atoms with van der Waals surface area (Å²) in [4.78, 5) is 11.7. The predicted molar refractivity (Wildman–Crippen MR) is 69.9 cm³/mol. The summed E-state index contributed by atoms with van der Waals surface area (Å²) in [6, 6.07) is 6.64. The van der Waals surface area contributed by atoms with Crippen LogP contribution in [0, 0.1) is 5.82 Å². The van der Waals surface area contributed by atoms with E-state index >= 15 is 0 Å². The molecule has 0 atom stereocenters. The Morgan fingerprint density at radius 1 is 1.22 bits per heavy atom. The van der Waals surface area contributed by atoms with Gasteiger partial charge in [-0.3, -0.25) is 4.79 Å². The minimum atomic E-state index is -0.400. The number of benzene rings is 1. The van der Waals surface area contributed by atoms with Crippen molar-refractivity contribution in [3.63, 3.8) is 0 Å². The zero-order valence-corrected chi connectivity index (χ0v) is 10.4. The lowest BCUT2D eigenvalue weighted by Gasteiger charge is -2.22. The molecule has 0 aromatic heterocycles. The molecule has 3 nitrogen and oxygen atoms in total. The van der Waals surface area contributed by atoms with Crippen LogP contribution >= 0.6 is 0 Å². The Morgan fingerprint density at radius 3 is 2.67 bits per heavy atom. The number of amides is 1. The topological polar surface area (TPSA) is 41.1 Å². The maximum Gasteiger partial charge on any atom is 0.238 e. The molecular weight excluding hydrogens is 231 g/mol. The molecular formula is C14H19FN2O. The van der Waals surface area contributed by atoms with E-state index in [1.807, 2.05) is 0 Å². The summed E-state index contributed by atoms with van der Waals surface area (Å²) in [5.41, 5.74) is 0.243. The molecule has 4 heteroatoms. The molecule has 2 rings (SSSR count). The summed E-state index contributed by atoms with van der Waals surface area (Å²) in [6.45, 7) is 0.249. The molecule has 0 radical (unpaired) electrons. The van der Waals surface area contributed by atoms with Gasteiger partial charge in [0.2, 0.25) is 5.91 Å². The molecule has 0 unspecified atom stereocenters. The minimum absolute atomic E-state index is 0.189. The van der Waals surface area contributed by atoms with Crippen molar-refractivity contribution in [2.75, 3.05) is 11.9 Å². The average Bonchev–Trinajstić information content (AvgIpc) is 2.40. The van der Waals surface area contributed by atoms with Crippen molar-refractivity contribution in [1.82, 2.24) is 5.32 Å². The van der Waals surface area contributed by atoms with Gasteiger partial charge in [0.05, 0.1) is 12.2 Å². The van der Waals surface area contributed by atoms with E-state index in [2.05, 4.69) is 10.6 Å². The zero-order chi connectivity index (χ0) is 12.8. The van der Waals surface area contributed by atoms with Gasteiger partial charge in [-0.25, -0.2) is 4.39 Å². The second-order valence-corrected chi connectivity index (χ2v) is 4.74. The van der Waals surface area contributed by atoms with E-state index in [1.54, 1.807) is 18.2 Å². The number of carbonyl (C=O) groups excluding carboxylic acids is 1. The Kier molecular flexibility index (Phi) is 4.70. The highest BCUT2D eigenvalue weighted by Gasteiger charge is 2.14. The van der Waals surface area contributed by atoms with Crippen molar-refractivity contribution < 1.29 is 9.18 Å². The maximum absolute atomic E-state index is 13.3. The lowest BCUT2D eigenvalue weighted by atomic mass is 9.95. The van der Waals surface area contributed by atoms with Gasteiger partial charge < -0.3 is 10.6 Å². The van der Waals surface area contributed by atoms with E-state index in [9.17, 15) is 9.18 Å². The largest absolute Gasteiger partial charge is 0.322 e. The summed E-state index contributed by atoms with van der Waals surface area (Å²) in [5, 5.41) is 5.80. The molecule has 1 saturated carbocycles. The molecule has 1 fully saturated rings. The number of halogens is 1. The van der Waals surface area contributed by atoms with Crippen LogP contribution in [0.3, 0.4) is 0 Å². The Bertz CT molecular complexity index is 403. The maximum atomic E-state index is 13.3. The minimum Gasteiger partial charge on any atom is -0.322 e. The summed E-state index contributed by atoms with van der Waals surface area (Å²) >= 11 is 0. The average molecular weight is 250 g/mol. The summed E-state index contributed by atoms with van der Waals surface area (Å²) in [7, 11) is 0. The van der Waals surface area contributed by atoms with Gasteiger partial charge in [0, 0.05) is 6.04 Å². The summed E-state index contributed by atoms with van der Waals surface area (Å²) in [6.07, 6.45) is 6.01. The fraction of sp³-hybridized carbons (Fsp3) is 0.500. The van der Waals surface area contributed by atoms with Gasteiger partial charge in [-0.05, 0) is 25.0 Å². The molecule has 1 amide bonds. The monoisotopic (exact) mass is 250 g/mol. The number of anilines is 1. The number of carbonyl (C=O) groups is 1. The highest BCUT2D eigenvalue weighted by molar-refractivity contribution is 5.92. The molecule has 1 aliphatic carbocycles. The third-order valence-electron chi connectivity index (χ3n) is 3.30. The van der Waals surface area contributed by atoms with Gasteiger partial charge in [0.15, 0.2) is 0 Å². The molecule has 2 N–H and O–H groups in total. The number of rotatable bonds is 4. The third kappa shape index (κ3) is 3.81. The first-order valence-electron chi connectivity index (χ1n) is 6.53. The second-order valence-electron chi connectivity index (χ2n) is 4.74. The van der Waals surface area contributed by atoms with Crippen molar-refractivity contribution in [2.45, 2.75) is 38.1 Å². The Labute approximate surface area is 107 Å². The van der Waals surface area contributed by atoms with E-state index in [0.29, 0.717) is 6.04 Å². The molecule has 0 spiro atoms. The molecule has 1 aromatic rings. The third-order valence-corrected chi connectivity index (χ3v) is 3.30. The van der Waals surface area contributed by atoms with Gasteiger partial charge in [-0.1, -0.05) is 31.4 Å². The SMILES string of the molecule is O=C(CNC1CCCCC1)Nc1ccccc1F. The molecule has 98 valence electrons. The smallest absolute Gasteiger partial charge is 0.238 e. The first-order valence-corrected chi connectivity index (χ1v) is 6.53. The zero-order valence-electron chi connectivity index (χ0n) is 10.4. The quantitative estimate of drug-likeness (QED) is 0.862. The number of nitrogens with one attached hydrogen (secondary N) is 2. The molecule has 0 heterocycles. The number of hydrogen-bond donors (Lipinski definition) is 2. The highest BCUT2D eigenvalue weighted by Crippen LogP contribution is 2.17. The first-order chi connectivity index (χ1) is 8.75. The Hall–Kier alpha value is -1.42. The van der Waals surface area contributed by atoms with Gasteiger partial charge in [0.1, 0.15) is 5.82 Å². The van der Waals surface area contributed by atoms with Crippen molar-refractivity contribution in [3.05, 3.63) is 30.1 Å². The van der Waals surface area contributed by atoms with Crippen LogP contribution in [0.5, 0.6) is 0 Å². The first kappa shape index (κ1) is 13.0. The van der Waals surface area contributed by atoms with Crippen molar-refractivity contribution >= 4 is 11.6 Å². The van der Waals surface area contributed by atoms with Crippen LogP contribution in [0.25, 0.3) is 0 Å². The fourth-order valence-corrected chi connectivity index (χ4v) is 2.30. The Balaban J connectivity index is 1.76. The van der Waals surface area contributed by atoms with Crippen LogP contribution in [-0.4, -0.2) is 18.5 Å². The standard InChI is InChI=1S/C14H19FN2O/c15-12-8-4-5-9-13(12)17-14(18)10-16-11-6-2-1-3-7-11/h4-5,8-9,11,16H,1-3,6-7,10H2,(H,17,18). The van der Waals surface area contributed by atoms with E-state index < -0.39 is 5.82 Å². The lowest BCUT2D eigenvalue weighted by molar-refractivity contribution is -0.115. The van der Waals surface area contributed by atoms with Crippen LogP contribution in [0.15, 0.2) is 24.3 Å². The van der Waals surface area contributed by atoms with Crippen LogP contribution in [0.2, 0.25) is 0 Å². The molecule has 0 saturated heterocycles. The van der Waals surface area contributed by atoms with Crippen molar-refractivity contribution in [2.24, 2.45) is 0 Å².